The van der Waals surface area contributed by atoms with E-state index in [0.29, 0.717) is 103 Å². The number of benzene rings is 2. The Bertz CT molecular complexity index is 2410. The Balaban J connectivity index is 0.000000184. The minimum absolute atomic E-state index is 0.0318. The second-order valence-electron chi connectivity index (χ2n) is 13.8. The van der Waals surface area contributed by atoms with Crippen LogP contribution < -0.4 is 19.5 Å². The van der Waals surface area contributed by atoms with E-state index in [1.807, 2.05) is 28.5 Å². The summed E-state index contributed by atoms with van der Waals surface area (Å²) in [5, 5.41) is 5.89. The zero-order valence-corrected chi connectivity index (χ0v) is 37.2. The summed E-state index contributed by atoms with van der Waals surface area (Å²) in [5.41, 5.74) is 4.74. The Labute approximate surface area is 367 Å². The lowest BCUT2D eigenvalue weighted by Crippen LogP contribution is -2.42. The first-order valence-electron chi connectivity index (χ1n) is 19.5. The molecule has 2 amide bonds. The van der Waals surface area contributed by atoms with Crippen molar-refractivity contribution >= 4 is 81.8 Å². The average molecular weight is 931 g/mol. The van der Waals surface area contributed by atoms with E-state index < -0.39 is 20.0 Å². The minimum Gasteiger partial charge on any atom is -0.378 e. The van der Waals surface area contributed by atoms with Gasteiger partial charge in [0.15, 0.2) is 5.13 Å². The minimum atomic E-state index is -3.88. The molecule has 3 aromatic heterocycles. The number of sulfonamides is 2. The van der Waals surface area contributed by atoms with Crippen molar-refractivity contribution in [3.05, 3.63) is 99.1 Å². The number of hydrogen-bond donors (Lipinski definition) is 2. The molecule has 0 bridgehead atoms. The monoisotopic (exact) mass is 930 g/mol. The van der Waals surface area contributed by atoms with Crippen LogP contribution in [0.4, 0.5) is 16.0 Å². The molecule has 61 heavy (non-hydrogen) atoms. The number of carbonyl (C=O) groups is 2. The Morgan fingerprint density at radius 2 is 1.25 bits per heavy atom. The number of thiophene rings is 1. The molecule has 326 valence electrons. The number of rotatable bonds is 14. The number of ether oxygens (including phenoxy) is 3. The molecule has 0 aliphatic carbocycles. The van der Waals surface area contributed by atoms with Gasteiger partial charge in [-0.2, -0.15) is 12.8 Å². The maximum Gasteiger partial charge on any atom is 0.279 e. The van der Waals surface area contributed by atoms with Crippen LogP contribution in [0.2, 0.25) is 0 Å². The maximum atomic E-state index is 13.3. The van der Waals surface area contributed by atoms with Crippen LogP contribution >= 0.6 is 34.0 Å². The number of nitrogens with zero attached hydrogens (tertiary/aromatic N) is 6. The summed E-state index contributed by atoms with van der Waals surface area (Å²) < 4.78 is 72.3. The van der Waals surface area contributed by atoms with Crippen molar-refractivity contribution in [2.75, 3.05) is 92.9 Å². The lowest BCUT2D eigenvalue weighted by atomic mass is 10.2. The molecule has 22 heteroatoms. The second-order valence-corrected chi connectivity index (χ2v) is 19.9. The molecule has 3 saturated heterocycles. The predicted octanol–water partition coefficient (Wildman–Crippen LogP) is 3.69. The van der Waals surface area contributed by atoms with E-state index in [1.54, 1.807) is 69.1 Å². The summed E-state index contributed by atoms with van der Waals surface area (Å²) in [5.74, 6) is -0.0696. The van der Waals surface area contributed by atoms with Crippen LogP contribution in [-0.2, 0) is 63.2 Å². The number of aromatic nitrogens is 2. The highest BCUT2D eigenvalue weighted by Crippen LogP contribution is 2.29. The molecule has 2 aromatic carbocycles. The number of thiazole rings is 2. The van der Waals surface area contributed by atoms with Gasteiger partial charge in [0.2, 0.25) is 16.9 Å². The highest BCUT2D eigenvalue weighted by Gasteiger charge is 2.29. The fourth-order valence-electron chi connectivity index (χ4n) is 6.50. The molecule has 0 radical (unpaired) electrons. The first-order chi connectivity index (χ1) is 29.6. The zero-order valence-electron chi connectivity index (χ0n) is 33.1. The maximum absolute atomic E-state index is 13.3. The molecule has 0 unspecified atom stereocenters. The number of morpholine rings is 3. The van der Waals surface area contributed by atoms with Gasteiger partial charge in [-0.1, -0.05) is 36.4 Å². The summed E-state index contributed by atoms with van der Waals surface area (Å²) in [7, 11) is -7.71. The first kappa shape index (κ1) is 44.5. The third-order valence-electron chi connectivity index (χ3n) is 9.64. The van der Waals surface area contributed by atoms with Gasteiger partial charge in [0.05, 0.1) is 81.0 Å². The van der Waals surface area contributed by atoms with E-state index in [0.717, 1.165) is 9.29 Å². The van der Waals surface area contributed by atoms with Crippen LogP contribution in [0.15, 0.2) is 92.7 Å². The standard InChI is InChI=1S/C20H22N4O4S3.C19H24N4O5S2/c25-19(23-8-10-28-11-9-23)13-16-15-30-20(22-16)24(21-14-17-5-4-12-29-17)31(26,27)18-6-2-1-3-7-18;24-18(23-7-11-28-12-8-23)13-15-14-29-19(20-15)21-30(25,26)17-4-2-1-3-16(17)22-5-9-27-10-6-22/h1-7,12,15,21H,8-11,13-14H2;1-4,14H,5-13H2,(H,20,21). The van der Waals surface area contributed by atoms with Gasteiger partial charge in [-0.15, -0.1) is 34.0 Å². The average Bonchev–Trinajstić information content (AvgIpc) is 4.09. The molecule has 3 aliphatic heterocycles. The molecule has 6 heterocycles. The topological polar surface area (TPSA) is 193 Å². The smallest absolute Gasteiger partial charge is 0.279 e. The highest BCUT2D eigenvalue weighted by atomic mass is 32.2. The summed E-state index contributed by atoms with van der Waals surface area (Å²) in [6.07, 6.45) is 0.267. The number of hydrazine groups is 1. The molecule has 17 nitrogen and oxygen atoms in total. The summed E-state index contributed by atoms with van der Waals surface area (Å²) >= 11 is 3.89. The van der Waals surface area contributed by atoms with Gasteiger partial charge < -0.3 is 28.9 Å². The van der Waals surface area contributed by atoms with Crippen LogP contribution in [0.5, 0.6) is 0 Å². The van der Waals surface area contributed by atoms with Gasteiger partial charge in [0.25, 0.3) is 20.0 Å². The van der Waals surface area contributed by atoms with E-state index in [1.165, 1.54) is 34.0 Å². The normalized spacial score (nSPS) is 16.1. The molecule has 0 spiro atoms. The van der Waals surface area contributed by atoms with E-state index in [2.05, 4.69) is 20.1 Å². The SMILES string of the molecule is O=C(Cc1csc(N(NCc2cccs2)S(=O)(=O)c2ccccc2)n1)N1CCOCC1.O=C(Cc1csc(NS(=O)(=O)c2ccccc2N2CCOCC2)n1)N1CCOCC1. The van der Waals surface area contributed by atoms with Gasteiger partial charge in [-0.05, 0) is 35.7 Å². The van der Waals surface area contributed by atoms with Crippen LogP contribution in [0, 0.1) is 0 Å². The molecule has 0 atom stereocenters. The number of hydrogen-bond acceptors (Lipinski definition) is 16. The molecule has 8 rings (SSSR count). The van der Waals surface area contributed by atoms with Crippen LogP contribution in [0.3, 0.4) is 0 Å². The molecular formula is C39H46N8O9S5. The van der Waals surface area contributed by atoms with Crippen molar-refractivity contribution in [1.82, 2.24) is 25.2 Å². The fourth-order valence-corrected chi connectivity index (χ4v) is 11.7. The van der Waals surface area contributed by atoms with Crippen molar-refractivity contribution in [3.8, 4) is 0 Å². The van der Waals surface area contributed by atoms with E-state index in [-0.39, 0.29) is 44.7 Å². The predicted molar refractivity (Wildman–Crippen MR) is 234 cm³/mol. The van der Waals surface area contributed by atoms with Gasteiger partial charge >= 0.3 is 0 Å². The molecule has 3 fully saturated rings. The zero-order chi connectivity index (χ0) is 42.7. The Hall–Kier alpha value is -4.52. The second kappa shape index (κ2) is 21.0. The Kier molecular flexibility index (Phi) is 15.4. The molecule has 3 aliphatic rings. The summed E-state index contributed by atoms with van der Waals surface area (Å²) in [6, 6.07) is 19.0. The van der Waals surface area contributed by atoms with Crippen LogP contribution in [0.25, 0.3) is 0 Å². The van der Waals surface area contributed by atoms with E-state index in [4.69, 9.17) is 14.2 Å². The van der Waals surface area contributed by atoms with Gasteiger partial charge in [-0.3, -0.25) is 14.3 Å². The van der Waals surface area contributed by atoms with Crippen molar-refractivity contribution in [3.63, 3.8) is 0 Å². The molecular weight excluding hydrogens is 885 g/mol. The van der Waals surface area contributed by atoms with Crippen molar-refractivity contribution in [1.29, 1.82) is 0 Å². The number of anilines is 3. The first-order valence-corrected chi connectivity index (χ1v) is 25.0. The third-order valence-corrected chi connectivity index (χ3v) is 15.5. The quantitative estimate of drug-likeness (QED) is 0.154. The fraction of sp³-hybridized carbons (Fsp3) is 0.385. The summed E-state index contributed by atoms with van der Waals surface area (Å²) in [6.45, 7) is 7.14. The summed E-state index contributed by atoms with van der Waals surface area (Å²) in [4.78, 5) is 40.5. The third kappa shape index (κ3) is 11.9. The molecule has 5 aromatic rings. The van der Waals surface area contributed by atoms with Gasteiger partial charge in [-0.25, -0.2) is 23.8 Å². The van der Waals surface area contributed by atoms with Crippen LogP contribution in [0.1, 0.15) is 16.3 Å². The Morgan fingerprint density at radius 1 is 0.672 bits per heavy atom. The number of carbonyl (C=O) groups excluding carboxylic acids is 2. The molecule has 0 saturated carbocycles. The highest BCUT2D eigenvalue weighted by molar-refractivity contribution is 7.93. The number of para-hydroxylation sites is 1. The lowest BCUT2D eigenvalue weighted by Gasteiger charge is -2.30. The van der Waals surface area contributed by atoms with Gasteiger partial charge in [0.1, 0.15) is 4.90 Å². The van der Waals surface area contributed by atoms with Crippen molar-refractivity contribution < 1.29 is 40.6 Å². The van der Waals surface area contributed by atoms with Crippen LogP contribution in [-0.4, -0.2) is 127 Å². The largest absolute Gasteiger partial charge is 0.378 e. The van der Waals surface area contributed by atoms with Crippen molar-refractivity contribution in [2.24, 2.45) is 0 Å². The van der Waals surface area contributed by atoms with E-state index >= 15 is 0 Å². The number of amides is 2. The van der Waals surface area contributed by atoms with Gasteiger partial charge in [0, 0.05) is 54.9 Å². The van der Waals surface area contributed by atoms with E-state index in [9.17, 15) is 26.4 Å². The lowest BCUT2D eigenvalue weighted by molar-refractivity contribution is -0.135. The van der Waals surface area contributed by atoms with Crippen molar-refractivity contribution in [2.45, 2.75) is 29.2 Å². The number of nitrogens with one attached hydrogen (secondary N) is 2. The Morgan fingerprint density at radius 3 is 1.87 bits per heavy atom. The molecule has 2 N–H and O–H groups in total.